The van der Waals surface area contributed by atoms with Crippen LogP contribution in [0.15, 0.2) is 85.1 Å². The first-order valence-corrected chi connectivity index (χ1v) is 8.06. The monoisotopic (exact) mass is 328 g/mol. The molecule has 25 heavy (non-hydrogen) atoms. The lowest BCUT2D eigenvalue weighted by Gasteiger charge is -2.10. The first-order chi connectivity index (χ1) is 12.3. The first kappa shape index (κ1) is 15.1. The topological polar surface area (TPSA) is 44.1 Å². The molecule has 0 radical (unpaired) electrons. The summed E-state index contributed by atoms with van der Waals surface area (Å²) in [5, 5.41) is 0. The van der Waals surface area contributed by atoms with Gasteiger partial charge in [-0.3, -0.25) is 4.98 Å². The number of aromatic nitrogens is 2. The van der Waals surface area contributed by atoms with E-state index in [1.165, 1.54) is 0 Å². The minimum atomic E-state index is -0.411. The van der Waals surface area contributed by atoms with Gasteiger partial charge in [-0.1, -0.05) is 60.7 Å². The van der Waals surface area contributed by atoms with Crippen LogP contribution in [0, 0.1) is 0 Å². The molecule has 4 heteroatoms. The third-order valence-corrected chi connectivity index (χ3v) is 4.03. The van der Waals surface area contributed by atoms with Crippen LogP contribution in [0.4, 0.5) is 4.79 Å². The molecule has 122 valence electrons. The number of fused-ring (bicyclic) bond motifs is 1. The second-order valence-electron chi connectivity index (χ2n) is 5.68. The molecule has 0 aliphatic carbocycles. The number of hydrogen-bond acceptors (Lipinski definition) is 3. The van der Waals surface area contributed by atoms with Gasteiger partial charge in [0.25, 0.3) is 0 Å². The van der Waals surface area contributed by atoms with Crippen LogP contribution in [-0.2, 0) is 11.3 Å². The smallest absolute Gasteiger partial charge is 0.419 e. The van der Waals surface area contributed by atoms with Gasteiger partial charge >= 0.3 is 6.09 Å². The SMILES string of the molecule is O=C(OCc1ccccc1)n1c(-c2ccccc2)cc2ncccc21. The summed E-state index contributed by atoms with van der Waals surface area (Å²) in [6.07, 6.45) is 1.31. The summed E-state index contributed by atoms with van der Waals surface area (Å²) in [4.78, 5) is 17.2. The molecule has 0 fully saturated rings. The first-order valence-electron chi connectivity index (χ1n) is 8.06. The van der Waals surface area contributed by atoms with Crippen LogP contribution in [0.2, 0.25) is 0 Å². The van der Waals surface area contributed by atoms with Gasteiger partial charge in [0.15, 0.2) is 0 Å². The number of carbonyl (C=O) groups excluding carboxylic acids is 1. The highest BCUT2D eigenvalue weighted by Gasteiger charge is 2.18. The highest BCUT2D eigenvalue weighted by atomic mass is 16.5. The van der Waals surface area contributed by atoms with Crippen LogP contribution in [0.25, 0.3) is 22.3 Å². The lowest BCUT2D eigenvalue weighted by atomic mass is 10.1. The van der Waals surface area contributed by atoms with Crippen molar-refractivity contribution < 1.29 is 9.53 Å². The molecule has 4 nitrogen and oxygen atoms in total. The third-order valence-electron chi connectivity index (χ3n) is 4.03. The highest BCUT2D eigenvalue weighted by Crippen LogP contribution is 2.27. The van der Waals surface area contributed by atoms with Crippen LogP contribution in [-0.4, -0.2) is 15.6 Å². The van der Waals surface area contributed by atoms with E-state index < -0.39 is 6.09 Å². The molecule has 0 bridgehead atoms. The second kappa shape index (κ2) is 6.61. The van der Waals surface area contributed by atoms with Gasteiger partial charge < -0.3 is 4.74 Å². The molecule has 0 unspecified atom stereocenters. The fourth-order valence-corrected chi connectivity index (χ4v) is 2.84. The molecule has 2 heterocycles. The average molecular weight is 328 g/mol. The maximum absolute atomic E-state index is 12.8. The molecule has 0 N–H and O–H groups in total. The summed E-state index contributed by atoms with van der Waals surface area (Å²) in [5.74, 6) is 0. The lowest BCUT2D eigenvalue weighted by molar-refractivity contribution is 0.143. The minimum Gasteiger partial charge on any atom is -0.444 e. The van der Waals surface area contributed by atoms with Crippen LogP contribution in [0.1, 0.15) is 5.56 Å². The third kappa shape index (κ3) is 3.02. The van der Waals surface area contributed by atoms with Gasteiger partial charge in [-0.2, -0.15) is 0 Å². The highest BCUT2D eigenvalue weighted by molar-refractivity contribution is 5.94. The van der Waals surface area contributed by atoms with Crippen LogP contribution < -0.4 is 0 Å². The number of pyridine rings is 1. The number of nitrogens with zero attached hydrogens (tertiary/aromatic N) is 2. The molecule has 2 aromatic heterocycles. The Morgan fingerprint density at radius 1 is 0.920 bits per heavy atom. The van der Waals surface area contributed by atoms with Crippen LogP contribution in [0.5, 0.6) is 0 Å². The van der Waals surface area contributed by atoms with E-state index in [1.54, 1.807) is 10.8 Å². The molecule has 0 aliphatic rings. The van der Waals surface area contributed by atoms with Crippen molar-refractivity contribution in [2.24, 2.45) is 0 Å². The number of ether oxygens (including phenoxy) is 1. The molecule has 0 saturated heterocycles. The Morgan fingerprint density at radius 3 is 2.40 bits per heavy atom. The summed E-state index contributed by atoms with van der Waals surface area (Å²) in [6, 6.07) is 25.0. The Morgan fingerprint density at radius 2 is 1.64 bits per heavy atom. The van der Waals surface area contributed by atoms with Crippen molar-refractivity contribution in [3.05, 3.63) is 90.6 Å². The van der Waals surface area contributed by atoms with E-state index >= 15 is 0 Å². The number of carbonyl (C=O) groups is 1. The van der Waals surface area contributed by atoms with E-state index in [4.69, 9.17) is 4.74 Å². The summed E-state index contributed by atoms with van der Waals surface area (Å²) in [6.45, 7) is 0.230. The minimum absolute atomic E-state index is 0.230. The molecular formula is C21H16N2O2. The number of benzene rings is 2. The molecular weight excluding hydrogens is 312 g/mol. The molecule has 0 saturated carbocycles. The normalized spacial score (nSPS) is 10.7. The van der Waals surface area contributed by atoms with Gasteiger partial charge in [-0.05, 0) is 29.3 Å². The Labute approximate surface area is 145 Å². The summed E-state index contributed by atoms with van der Waals surface area (Å²) in [5.41, 5.74) is 4.16. The van der Waals surface area contributed by atoms with E-state index in [1.807, 2.05) is 78.9 Å². The van der Waals surface area contributed by atoms with Gasteiger partial charge in [0.2, 0.25) is 0 Å². The summed E-state index contributed by atoms with van der Waals surface area (Å²) < 4.78 is 7.12. The molecule has 4 rings (SSSR count). The van der Waals surface area contributed by atoms with E-state index in [-0.39, 0.29) is 6.61 Å². The van der Waals surface area contributed by atoms with Crippen molar-refractivity contribution in [1.29, 1.82) is 0 Å². The van der Waals surface area contributed by atoms with Crippen molar-refractivity contribution in [2.75, 3.05) is 0 Å². The Bertz CT molecular complexity index is 1010. The zero-order valence-electron chi connectivity index (χ0n) is 13.5. The van der Waals surface area contributed by atoms with Gasteiger partial charge in [-0.15, -0.1) is 0 Å². The lowest BCUT2D eigenvalue weighted by Crippen LogP contribution is -2.14. The number of hydrogen-bond donors (Lipinski definition) is 0. The molecule has 0 amide bonds. The van der Waals surface area contributed by atoms with Gasteiger partial charge in [0.05, 0.1) is 16.7 Å². The average Bonchev–Trinajstić information content (AvgIpc) is 3.07. The molecule has 0 aliphatic heterocycles. The Balaban J connectivity index is 1.73. The van der Waals surface area contributed by atoms with Crippen LogP contribution in [0.3, 0.4) is 0 Å². The standard InChI is InChI=1S/C21H16N2O2/c24-21(25-15-16-8-3-1-4-9-16)23-19-12-7-13-22-18(19)14-20(23)17-10-5-2-6-11-17/h1-14H,15H2. The summed E-state index contributed by atoms with van der Waals surface area (Å²) >= 11 is 0. The zero-order valence-corrected chi connectivity index (χ0v) is 13.5. The molecule has 2 aromatic carbocycles. The largest absolute Gasteiger partial charge is 0.444 e. The fraction of sp³-hybridized carbons (Fsp3) is 0.0476. The zero-order chi connectivity index (χ0) is 17.1. The van der Waals surface area contributed by atoms with E-state index in [0.29, 0.717) is 0 Å². The van der Waals surface area contributed by atoms with Crippen molar-refractivity contribution in [2.45, 2.75) is 6.61 Å². The molecule has 0 spiro atoms. The maximum Gasteiger partial charge on any atom is 0.419 e. The van der Waals surface area contributed by atoms with Gasteiger partial charge in [-0.25, -0.2) is 9.36 Å². The molecule has 0 atom stereocenters. The second-order valence-corrected chi connectivity index (χ2v) is 5.68. The predicted octanol–water partition coefficient (Wildman–Crippen LogP) is 4.89. The quantitative estimate of drug-likeness (QED) is 0.538. The van der Waals surface area contributed by atoms with Gasteiger partial charge in [0, 0.05) is 6.20 Å². The predicted molar refractivity (Wildman–Crippen MR) is 97.2 cm³/mol. The van der Waals surface area contributed by atoms with Crippen molar-refractivity contribution >= 4 is 17.1 Å². The van der Waals surface area contributed by atoms with Gasteiger partial charge in [0.1, 0.15) is 6.61 Å². The fourth-order valence-electron chi connectivity index (χ4n) is 2.84. The van der Waals surface area contributed by atoms with E-state index in [9.17, 15) is 4.79 Å². The Kier molecular flexibility index (Phi) is 4.01. The Hall–Kier alpha value is -3.40. The number of rotatable bonds is 3. The van der Waals surface area contributed by atoms with Crippen molar-refractivity contribution in [3.8, 4) is 11.3 Å². The molecule has 4 aromatic rings. The maximum atomic E-state index is 12.8. The van der Waals surface area contributed by atoms with Crippen molar-refractivity contribution in [3.63, 3.8) is 0 Å². The van der Waals surface area contributed by atoms with E-state index in [2.05, 4.69) is 4.98 Å². The van der Waals surface area contributed by atoms with Crippen LogP contribution >= 0.6 is 0 Å². The van der Waals surface area contributed by atoms with E-state index in [0.717, 1.165) is 27.9 Å². The summed E-state index contributed by atoms with van der Waals surface area (Å²) in [7, 11) is 0. The van der Waals surface area contributed by atoms with Crippen molar-refractivity contribution in [1.82, 2.24) is 9.55 Å².